The number of methoxy groups -OCH3 is 1. The summed E-state index contributed by atoms with van der Waals surface area (Å²) >= 11 is 5.65. The van der Waals surface area contributed by atoms with Gasteiger partial charge in [-0.15, -0.1) is 10.2 Å². The molecule has 0 spiro atoms. The van der Waals surface area contributed by atoms with Crippen molar-refractivity contribution in [2.45, 2.75) is 37.9 Å². The van der Waals surface area contributed by atoms with Gasteiger partial charge in [-0.25, -0.2) is 0 Å². The van der Waals surface area contributed by atoms with Crippen molar-refractivity contribution in [1.82, 2.24) is 10.2 Å². The van der Waals surface area contributed by atoms with Crippen molar-refractivity contribution >= 4 is 11.6 Å². The molecule has 16 heavy (non-hydrogen) atoms. The van der Waals surface area contributed by atoms with Gasteiger partial charge in [0.1, 0.15) is 6.10 Å². The summed E-state index contributed by atoms with van der Waals surface area (Å²) in [5.41, 5.74) is 0. The molecule has 1 fully saturated rings. The van der Waals surface area contributed by atoms with Crippen molar-refractivity contribution in [2.75, 3.05) is 7.11 Å². The molecule has 0 aliphatic heterocycles. The number of aromatic nitrogens is 2. The van der Waals surface area contributed by atoms with E-state index in [-0.39, 0.29) is 6.10 Å². The molecule has 4 nitrogen and oxygen atoms in total. The number of halogens is 1. The first-order chi connectivity index (χ1) is 7.78. The quantitative estimate of drug-likeness (QED) is 0.817. The average Bonchev–Trinajstić information content (AvgIpc) is 2.32. The van der Waals surface area contributed by atoms with Gasteiger partial charge in [-0.05, 0) is 25.3 Å². The monoisotopic (exact) mass is 242 g/mol. The van der Waals surface area contributed by atoms with Crippen LogP contribution in [0.2, 0.25) is 5.15 Å². The maximum absolute atomic E-state index is 5.73. The standard InChI is InChI=1S/C11H15ClN2O2/c1-15-8-3-2-4-9(7-8)16-11-6-5-10(12)13-14-11/h5-6,8-9H,2-4,7H2,1H3. The molecule has 1 heterocycles. The minimum Gasteiger partial charge on any atom is -0.473 e. The van der Waals surface area contributed by atoms with Crippen LogP contribution in [0.1, 0.15) is 25.7 Å². The smallest absolute Gasteiger partial charge is 0.233 e. The predicted molar refractivity (Wildman–Crippen MR) is 60.7 cm³/mol. The molecule has 88 valence electrons. The van der Waals surface area contributed by atoms with Gasteiger partial charge in [-0.1, -0.05) is 11.6 Å². The molecular weight excluding hydrogens is 228 g/mol. The van der Waals surface area contributed by atoms with E-state index in [1.54, 1.807) is 19.2 Å². The van der Waals surface area contributed by atoms with Crippen LogP contribution in [0.15, 0.2) is 12.1 Å². The van der Waals surface area contributed by atoms with Gasteiger partial charge in [0.15, 0.2) is 5.15 Å². The Morgan fingerprint density at radius 1 is 1.25 bits per heavy atom. The largest absolute Gasteiger partial charge is 0.473 e. The van der Waals surface area contributed by atoms with Crippen LogP contribution in [0.5, 0.6) is 5.88 Å². The normalized spacial score (nSPS) is 25.4. The fraction of sp³-hybridized carbons (Fsp3) is 0.636. The summed E-state index contributed by atoms with van der Waals surface area (Å²) in [4.78, 5) is 0. The van der Waals surface area contributed by atoms with Crippen LogP contribution in [0, 0.1) is 0 Å². The van der Waals surface area contributed by atoms with Crippen LogP contribution in [0.3, 0.4) is 0 Å². The van der Waals surface area contributed by atoms with Crippen molar-refractivity contribution in [3.63, 3.8) is 0 Å². The van der Waals surface area contributed by atoms with E-state index < -0.39 is 0 Å². The molecule has 0 amide bonds. The second-order valence-corrected chi connectivity index (χ2v) is 4.35. The van der Waals surface area contributed by atoms with Gasteiger partial charge < -0.3 is 9.47 Å². The Balaban J connectivity index is 1.91. The Hall–Kier alpha value is -0.870. The molecule has 1 aliphatic carbocycles. The van der Waals surface area contributed by atoms with Crippen LogP contribution in [-0.4, -0.2) is 29.5 Å². The summed E-state index contributed by atoms with van der Waals surface area (Å²) in [6, 6.07) is 3.42. The Morgan fingerprint density at radius 2 is 2.06 bits per heavy atom. The lowest BCUT2D eigenvalue weighted by Gasteiger charge is -2.28. The molecule has 1 aliphatic rings. The van der Waals surface area contributed by atoms with Crippen LogP contribution >= 0.6 is 11.6 Å². The van der Waals surface area contributed by atoms with E-state index in [9.17, 15) is 0 Å². The first-order valence-corrected chi connectivity index (χ1v) is 5.84. The molecule has 2 unspecified atom stereocenters. The van der Waals surface area contributed by atoms with Crippen LogP contribution in [-0.2, 0) is 4.74 Å². The maximum Gasteiger partial charge on any atom is 0.233 e. The van der Waals surface area contributed by atoms with Crippen molar-refractivity contribution in [1.29, 1.82) is 0 Å². The second kappa shape index (κ2) is 5.46. The minimum absolute atomic E-state index is 0.175. The summed E-state index contributed by atoms with van der Waals surface area (Å²) in [5, 5.41) is 8.00. The van der Waals surface area contributed by atoms with Gasteiger partial charge >= 0.3 is 0 Å². The molecule has 1 saturated carbocycles. The fourth-order valence-electron chi connectivity index (χ4n) is 1.96. The summed E-state index contributed by atoms with van der Waals surface area (Å²) in [7, 11) is 1.75. The zero-order chi connectivity index (χ0) is 11.4. The number of ether oxygens (including phenoxy) is 2. The van der Waals surface area contributed by atoms with Gasteiger partial charge in [0, 0.05) is 19.6 Å². The molecule has 1 aromatic heterocycles. The Labute approximate surface area is 99.9 Å². The van der Waals surface area contributed by atoms with Gasteiger partial charge in [0.2, 0.25) is 5.88 Å². The molecule has 2 rings (SSSR count). The van der Waals surface area contributed by atoms with Gasteiger partial charge in [-0.2, -0.15) is 0 Å². The zero-order valence-corrected chi connectivity index (χ0v) is 9.98. The average molecular weight is 243 g/mol. The molecule has 0 radical (unpaired) electrons. The van der Waals surface area contributed by atoms with E-state index >= 15 is 0 Å². The summed E-state index contributed by atoms with van der Waals surface area (Å²) in [6.07, 6.45) is 4.69. The van der Waals surface area contributed by atoms with E-state index in [4.69, 9.17) is 21.1 Å². The van der Waals surface area contributed by atoms with E-state index in [1.165, 1.54) is 0 Å². The van der Waals surface area contributed by atoms with Crippen LogP contribution in [0.25, 0.3) is 0 Å². The number of hydrogen-bond donors (Lipinski definition) is 0. The van der Waals surface area contributed by atoms with Crippen molar-refractivity contribution in [3.05, 3.63) is 17.3 Å². The Morgan fingerprint density at radius 3 is 2.75 bits per heavy atom. The summed E-state index contributed by atoms with van der Waals surface area (Å²) in [6.45, 7) is 0. The highest BCUT2D eigenvalue weighted by atomic mass is 35.5. The lowest BCUT2D eigenvalue weighted by atomic mass is 9.95. The molecular formula is C11H15ClN2O2. The van der Waals surface area contributed by atoms with E-state index in [2.05, 4.69) is 10.2 Å². The highest BCUT2D eigenvalue weighted by Crippen LogP contribution is 2.24. The molecule has 1 aromatic rings. The summed E-state index contributed by atoms with van der Waals surface area (Å²) < 4.78 is 11.1. The molecule has 0 aromatic carbocycles. The molecule has 0 bridgehead atoms. The number of nitrogens with zero attached hydrogens (tertiary/aromatic N) is 2. The van der Waals surface area contributed by atoms with Crippen LogP contribution < -0.4 is 4.74 Å². The lowest BCUT2D eigenvalue weighted by molar-refractivity contribution is 0.0192. The van der Waals surface area contributed by atoms with Crippen molar-refractivity contribution in [2.24, 2.45) is 0 Å². The molecule has 2 atom stereocenters. The van der Waals surface area contributed by atoms with Crippen molar-refractivity contribution in [3.8, 4) is 5.88 Å². The third-order valence-corrected chi connectivity index (χ3v) is 3.01. The van der Waals surface area contributed by atoms with Crippen LogP contribution in [0.4, 0.5) is 0 Å². The third-order valence-electron chi connectivity index (χ3n) is 2.81. The number of hydrogen-bond acceptors (Lipinski definition) is 4. The van der Waals surface area contributed by atoms with E-state index in [1.807, 2.05) is 0 Å². The Bertz CT molecular complexity index is 331. The van der Waals surface area contributed by atoms with E-state index in [0.717, 1.165) is 25.7 Å². The van der Waals surface area contributed by atoms with Crippen molar-refractivity contribution < 1.29 is 9.47 Å². The van der Waals surface area contributed by atoms with Gasteiger partial charge in [0.05, 0.1) is 6.10 Å². The fourth-order valence-corrected chi connectivity index (χ4v) is 2.06. The third kappa shape index (κ3) is 3.06. The molecule has 0 N–H and O–H groups in total. The molecule has 5 heteroatoms. The van der Waals surface area contributed by atoms with E-state index in [0.29, 0.717) is 17.1 Å². The second-order valence-electron chi connectivity index (χ2n) is 3.96. The highest BCUT2D eigenvalue weighted by molar-refractivity contribution is 6.29. The number of rotatable bonds is 3. The Kier molecular flexibility index (Phi) is 3.96. The lowest BCUT2D eigenvalue weighted by Crippen LogP contribution is -2.29. The zero-order valence-electron chi connectivity index (χ0n) is 9.23. The first kappa shape index (κ1) is 11.6. The van der Waals surface area contributed by atoms with Gasteiger partial charge in [-0.3, -0.25) is 0 Å². The SMILES string of the molecule is COC1CCCC(Oc2ccc(Cl)nn2)C1. The molecule has 0 saturated heterocycles. The summed E-state index contributed by atoms with van der Waals surface area (Å²) in [5.74, 6) is 0.533. The van der Waals surface area contributed by atoms with Gasteiger partial charge in [0.25, 0.3) is 0 Å². The predicted octanol–water partition coefficient (Wildman–Crippen LogP) is 2.47. The first-order valence-electron chi connectivity index (χ1n) is 5.46. The topological polar surface area (TPSA) is 44.2 Å². The maximum atomic E-state index is 5.73. The highest BCUT2D eigenvalue weighted by Gasteiger charge is 2.23. The minimum atomic E-state index is 0.175.